The zero-order chi connectivity index (χ0) is 21.1. The number of hydrogen-bond acceptors (Lipinski definition) is 5. The third-order valence-corrected chi connectivity index (χ3v) is 4.28. The van der Waals surface area contributed by atoms with Crippen LogP contribution in [0.4, 0.5) is 14.6 Å². The van der Waals surface area contributed by atoms with E-state index >= 15 is 0 Å². The summed E-state index contributed by atoms with van der Waals surface area (Å²) in [5, 5.41) is 11.0. The summed E-state index contributed by atoms with van der Waals surface area (Å²) >= 11 is 5.77. The summed E-state index contributed by atoms with van der Waals surface area (Å²) in [6.07, 6.45) is 0.639. The molecule has 3 aromatic rings. The van der Waals surface area contributed by atoms with Crippen molar-refractivity contribution >= 4 is 54.0 Å². The fourth-order valence-electron chi connectivity index (χ4n) is 2.44. The SMILES string of the molecule is CCc1nc(C)c(CNC(=O)c2cc(NC(=O)c3cc(F)c(F)cc3Cl)n[nH]2)o1.Cl.Cl. The van der Waals surface area contributed by atoms with Gasteiger partial charge in [-0.1, -0.05) is 18.5 Å². The van der Waals surface area contributed by atoms with E-state index in [-0.39, 0.29) is 53.5 Å². The van der Waals surface area contributed by atoms with E-state index in [0.29, 0.717) is 35.9 Å². The molecular weight excluding hydrogens is 479 g/mol. The van der Waals surface area contributed by atoms with Crippen LogP contribution in [0.2, 0.25) is 5.02 Å². The van der Waals surface area contributed by atoms with Crippen molar-refractivity contribution < 1.29 is 22.8 Å². The molecular formula is C18H18Cl3F2N5O3. The van der Waals surface area contributed by atoms with E-state index in [4.69, 9.17) is 16.0 Å². The summed E-state index contributed by atoms with van der Waals surface area (Å²) < 4.78 is 32.0. The van der Waals surface area contributed by atoms with Gasteiger partial charge in [0, 0.05) is 12.5 Å². The van der Waals surface area contributed by atoms with E-state index < -0.39 is 23.4 Å². The molecule has 2 aromatic heterocycles. The number of anilines is 1. The smallest absolute Gasteiger partial charge is 0.269 e. The lowest BCUT2D eigenvalue weighted by Crippen LogP contribution is -2.23. The van der Waals surface area contributed by atoms with E-state index in [9.17, 15) is 18.4 Å². The number of nitrogens with zero attached hydrogens (tertiary/aromatic N) is 2. The van der Waals surface area contributed by atoms with Gasteiger partial charge in [0.1, 0.15) is 11.5 Å². The Labute approximate surface area is 193 Å². The predicted molar refractivity (Wildman–Crippen MR) is 114 cm³/mol. The van der Waals surface area contributed by atoms with E-state index in [1.165, 1.54) is 6.07 Å². The minimum Gasteiger partial charge on any atom is -0.444 e. The van der Waals surface area contributed by atoms with Gasteiger partial charge in [-0.05, 0) is 19.1 Å². The minimum absolute atomic E-state index is 0. The van der Waals surface area contributed by atoms with Crippen molar-refractivity contribution in [1.82, 2.24) is 20.5 Å². The van der Waals surface area contributed by atoms with Crippen molar-refractivity contribution in [3.63, 3.8) is 0 Å². The molecule has 0 saturated heterocycles. The highest BCUT2D eigenvalue weighted by Crippen LogP contribution is 2.21. The maximum absolute atomic E-state index is 13.3. The molecule has 0 bridgehead atoms. The number of carbonyl (C=O) groups is 2. The monoisotopic (exact) mass is 495 g/mol. The molecule has 0 spiro atoms. The molecule has 0 fully saturated rings. The van der Waals surface area contributed by atoms with Gasteiger partial charge in [0.05, 0.1) is 22.8 Å². The molecule has 0 unspecified atom stereocenters. The van der Waals surface area contributed by atoms with Crippen LogP contribution in [0.15, 0.2) is 22.6 Å². The molecule has 0 atom stereocenters. The third-order valence-electron chi connectivity index (χ3n) is 3.97. The number of hydrogen-bond donors (Lipinski definition) is 3. The lowest BCUT2D eigenvalue weighted by molar-refractivity contribution is 0.0942. The number of oxazole rings is 1. The predicted octanol–water partition coefficient (Wildman–Crippen LogP) is 4.23. The van der Waals surface area contributed by atoms with Crippen molar-refractivity contribution in [3.8, 4) is 0 Å². The maximum Gasteiger partial charge on any atom is 0.269 e. The zero-order valence-electron chi connectivity index (χ0n) is 16.2. The van der Waals surface area contributed by atoms with Crippen LogP contribution in [0.25, 0.3) is 0 Å². The number of halogens is 5. The fourth-order valence-corrected chi connectivity index (χ4v) is 2.68. The second kappa shape index (κ2) is 11.1. The number of aryl methyl sites for hydroxylation is 2. The average molecular weight is 497 g/mol. The number of aromatic amines is 1. The van der Waals surface area contributed by atoms with Gasteiger partial charge in [0.25, 0.3) is 11.8 Å². The zero-order valence-corrected chi connectivity index (χ0v) is 18.6. The van der Waals surface area contributed by atoms with Gasteiger partial charge in [-0.15, -0.1) is 24.8 Å². The molecule has 8 nitrogen and oxygen atoms in total. The first-order valence-electron chi connectivity index (χ1n) is 8.53. The highest BCUT2D eigenvalue weighted by molar-refractivity contribution is 6.34. The van der Waals surface area contributed by atoms with Gasteiger partial charge < -0.3 is 15.1 Å². The van der Waals surface area contributed by atoms with E-state index in [1.807, 2.05) is 6.92 Å². The Balaban J connectivity index is 0.00000240. The largest absolute Gasteiger partial charge is 0.444 e. The van der Waals surface area contributed by atoms with Gasteiger partial charge >= 0.3 is 0 Å². The number of amides is 2. The first-order valence-corrected chi connectivity index (χ1v) is 8.91. The molecule has 2 amide bonds. The van der Waals surface area contributed by atoms with E-state index in [2.05, 4.69) is 25.8 Å². The van der Waals surface area contributed by atoms with Crippen molar-refractivity contribution in [2.24, 2.45) is 0 Å². The number of benzene rings is 1. The highest BCUT2D eigenvalue weighted by Gasteiger charge is 2.18. The molecule has 3 rings (SSSR count). The number of carbonyl (C=O) groups excluding carboxylic acids is 2. The summed E-state index contributed by atoms with van der Waals surface area (Å²) in [5.41, 5.74) is 0.486. The molecule has 168 valence electrons. The molecule has 1 aromatic carbocycles. The van der Waals surface area contributed by atoms with Gasteiger partial charge in [-0.25, -0.2) is 13.8 Å². The lowest BCUT2D eigenvalue weighted by Gasteiger charge is -2.05. The Morgan fingerprint density at radius 2 is 1.84 bits per heavy atom. The van der Waals surface area contributed by atoms with Crippen LogP contribution in [-0.4, -0.2) is 27.0 Å². The molecule has 0 saturated carbocycles. The van der Waals surface area contributed by atoms with Crippen LogP contribution < -0.4 is 10.6 Å². The normalized spacial score (nSPS) is 10.1. The Morgan fingerprint density at radius 3 is 2.48 bits per heavy atom. The summed E-state index contributed by atoms with van der Waals surface area (Å²) in [5.74, 6) is -2.56. The molecule has 2 heterocycles. The maximum atomic E-state index is 13.3. The molecule has 3 N–H and O–H groups in total. The van der Waals surface area contributed by atoms with Crippen LogP contribution >= 0.6 is 36.4 Å². The van der Waals surface area contributed by atoms with Gasteiger partial charge in [-0.3, -0.25) is 14.7 Å². The third kappa shape index (κ3) is 6.16. The van der Waals surface area contributed by atoms with E-state index in [1.54, 1.807) is 6.92 Å². The molecule has 13 heteroatoms. The van der Waals surface area contributed by atoms with Crippen molar-refractivity contribution in [2.45, 2.75) is 26.8 Å². The lowest BCUT2D eigenvalue weighted by atomic mass is 10.2. The van der Waals surface area contributed by atoms with Crippen LogP contribution in [0, 0.1) is 18.6 Å². The van der Waals surface area contributed by atoms with Gasteiger partial charge in [0.2, 0.25) is 0 Å². The summed E-state index contributed by atoms with van der Waals surface area (Å²) in [4.78, 5) is 28.7. The molecule has 0 aliphatic rings. The Bertz CT molecular complexity index is 1090. The quantitative estimate of drug-likeness (QED) is 0.442. The highest BCUT2D eigenvalue weighted by atomic mass is 35.5. The summed E-state index contributed by atoms with van der Waals surface area (Å²) in [7, 11) is 0. The standard InChI is InChI=1S/C18H16ClF2N5O3.2ClH/c1-3-16-23-8(2)14(29-16)7-22-18(28)13-6-15(26-25-13)24-17(27)9-4-11(20)12(21)5-10(9)19;;/h4-6H,3,7H2,1-2H3,(H,22,28)(H2,24,25,26,27);2*1H. The first-order chi connectivity index (χ1) is 13.8. The molecule has 31 heavy (non-hydrogen) atoms. The Hall–Kier alpha value is -2.69. The molecule has 0 aliphatic carbocycles. The average Bonchev–Trinajstić information content (AvgIpc) is 3.29. The first kappa shape index (κ1) is 26.3. The Morgan fingerprint density at radius 1 is 1.16 bits per heavy atom. The minimum atomic E-state index is -1.21. The van der Waals surface area contributed by atoms with Crippen LogP contribution in [0.5, 0.6) is 0 Å². The second-order valence-corrected chi connectivity index (χ2v) is 6.43. The summed E-state index contributed by atoms with van der Waals surface area (Å²) in [6, 6.07) is 2.66. The number of aromatic nitrogens is 3. The molecule has 0 aliphatic heterocycles. The summed E-state index contributed by atoms with van der Waals surface area (Å²) in [6.45, 7) is 3.81. The number of H-pyrrole nitrogens is 1. The van der Waals surface area contributed by atoms with Crippen molar-refractivity contribution in [3.05, 3.63) is 63.5 Å². The topological polar surface area (TPSA) is 113 Å². The number of nitrogens with one attached hydrogen (secondary N) is 3. The van der Waals surface area contributed by atoms with Crippen molar-refractivity contribution in [2.75, 3.05) is 5.32 Å². The van der Waals surface area contributed by atoms with E-state index in [0.717, 1.165) is 0 Å². The van der Waals surface area contributed by atoms with Gasteiger partial charge in [-0.2, -0.15) is 5.10 Å². The van der Waals surface area contributed by atoms with Crippen LogP contribution in [0.1, 0.15) is 45.1 Å². The fraction of sp³-hybridized carbons (Fsp3) is 0.222. The second-order valence-electron chi connectivity index (χ2n) is 6.02. The van der Waals surface area contributed by atoms with Crippen LogP contribution in [0.3, 0.4) is 0 Å². The van der Waals surface area contributed by atoms with Crippen molar-refractivity contribution in [1.29, 1.82) is 0 Å². The molecule has 0 radical (unpaired) electrons. The van der Waals surface area contributed by atoms with Gasteiger partial charge in [0.15, 0.2) is 23.3 Å². The van der Waals surface area contributed by atoms with Crippen LogP contribution in [-0.2, 0) is 13.0 Å². The Kier molecular flexibility index (Phi) is 9.41. The number of rotatable bonds is 6.